The second-order valence-electron chi connectivity index (χ2n) is 7.16. The van der Waals surface area contributed by atoms with Crippen molar-refractivity contribution >= 4 is 11.8 Å². The minimum absolute atomic E-state index is 0.0108. The van der Waals surface area contributed by atoms with Gasteiger partial charge in [-0.3, -0.25) is 4.79 Å². The van der Waals surface area contributed by atoms with Crippen LogP contribution in [0.1, 0.15) is 61.9 Å². The van der Waals surface area contributed by atoms with E-state index < -0.39 is 0 Å². The van der Waals surface area contributed by atoms with E-state index in [1.165, 1.54) is 0 Å². The van der Waals surface area contributed by atoms with E-state index in [4.69, 9.17) is 9.47 Å². The normalized spacial score (nSPS) is 11.5. The predicted octanol–water partition coefficient (Wildman–Crippen LogP) is 5.75. The highest BCUT2D eigenvalue weighted by Gasteiger charge is 2.14. The molecule has 0 spiro atoms. The highest BCUT2D eigenvalue weighted by Crippen LogP contribution is 2.20. The Bertz CT molecular complexity index is 793. The molecule has 29 heavy (non-hydrogen) atoms. The zero-order valence-electron chi connectivity index (χ0n) is 17.4. The Labute approximate surface area is 173 Å². The monoisotopic (exact) mass is 394 g/mol. The summed E-state index contributed by atoms with van der Waals surface area (Å²) in [5.41, 5.74) is 1.69. The highest BCUT2D eigenvalue weighted by atomic mass is 16.5. The summed E-state index contributed by atoms with van der Waals surface area (Å²) >= 11 is 0. The first-order valence-electron chi connectivity index (χ1n) is 10.2. The lowest BCUT2D eigenvalue weighted by Crippen LogP contribution is -2.20. The molecule has 0 heterocycles. The summed E-state index contributed by atoms with van der Waals surface area (Å²) in [6.07, 6.45) is 4.79. The quantitative estimate of drug-likeness (QED) is 0.199. The van der Waals surface area contributed by atoms with Crippen molar-refractivity contribution in [2.75, 3.05) is 6.61 Å². The number of hydrogen-bond acceptors (Lipinski definition) is 4. The minimum atomic E-state index is -0.374. The highest BCUT2D eigenvalue weighted by molar-refractivity contribution is 6.08. The molecule has 0 saturated carbocycles. The molecule has 0 radical (unpaired) electrons. The standard InChI is InChI=1S/C25H30O4/c1-4-5-7-12-22(17-18-28-25(27)19(2)3)29-23-15-13-21(14-16-23)24(26)20-10-8-6-9-11-20/h6,8-11,13-16,22H,2,4-5,7,12,17-18H2,1,3H3. The van der Waals surface area contributed by atoms with Gasteiger partial charge in [0.25, 0.3) is 0 Å². The molecule has 0 aliphatic rings. The minimum Gasteiger partial charge on any atom is -0.490 e. The van der Waals surface area contributed by atoms with Crippen molar-refractivity contribution in [1.29, 1.82) is 0 Å². The van der Waals surface area contributed by atoms with Crippen LogP contribution in [-0.2, 0) is 9.53 Å². The maximum Gasteiger partial charge on any atom is 0.333 e. The summed E-state index contributed by atoms with van der Waals surface area (Å²) in [5.74, 6) is 0.326. The summed E-state index contributed by atoms with van der Waals surface area (Å²) in [6, 6.07) is 16.4. The molecule has 0 aliphatic carbocycles. The van der Waals surface area contributed by atoms with Gasteiger partial charge in [-0.15, -0.1) is 0 Å². The van der Waals surface area contributed by atoms with Crippen molar-refractivity contribution in [1.82, 2.24) is 0 Å². The molecule has 1 unspecified atom stereocenters. The molecule has 0 aliphatic heterocycles. The molecular weight excluding hydrogens is 364 g/mol. The third kappa shape index (κ3) is 7.57. The molecule has 0 bridgehead atoms. The Hall–Kier alpha value is -2.88. The first kappa shape index (κ1) is 22.4. The maximum atomic E-state index is 12.5. The van der Waals surface area contributed by atoms with Gasteiger partial charge >= 0.3 is 5.97 Å². The van der Waals surface area contributed by atoms with E-state index in [1.54, 1.807) is 19.1 Å². The van der Waals surface area contributed by atoms with Gasteiger partial charge in [0.1, 0.15) is 11.9 Å². The molecule has 4 heteroatoms. The van der Waals surface area contributed by atoms with E-state index in [1.807, 2.05) is 42.5 Å². The summed E-state index contributed by atoms with van der Waals surface area (Å²) in [4.78, 5) is 24.1. The third-order valence-electron chi connectivity index (χ3n) is 4.61. The zero-order chi connectivity index (χ0) is 21.1. The lowest BCUT2D eigenvalue weighted by molar-refractivity contribution is -0.139. The first-order chi connectivity index (χ1) is 14.0. The van der Waals surface area contributed by atoms with Gasteiger partial charge < -0.3 is 9.47 Å². The number of hydrogen-bond donors (Lipinski definition) is 0. The van der Waals surface area contributed by atoms with Crippen LogP contribution in [0.25, 0.3) is 0 Å². The first-order valence-corrected chi connectivity index (χ1v) is 10.2. The van der Waals surface area contributed by atoms with E-state index in [2.05, 4.69) is 13.5 Å². The lowest BCUT2D eigenvalue weighted by Gasteiger charge is -2.19. The molecule has 0 fully saturated rings. The summed E-state index contributed by atoms with van der Waals surface area (Å²) in [7, 11) is 0. The van der Waals surface area contributed by atoms with E-state index in [-0.39, 0.29) is 17.9 Å². The van der Waals surface area contributed by atoms with Crippen LogP contribution in [0.15, 0.2) is 66.7 Å². The Morgan fingerprint density at radius 1 is 0.931 bits per heavy atom. The molecular formula is C25H30O4. The maximum absolute atomic E-state index is 12.5. The number of unbranched alkanes of at least 4 members (excludes halogenated alkanes) is 2. The molecule has 0 saturated heterocycles. The molecule has 154 valence electrons. The Morgan fingerprint density at radius 2 is 1.59 bits per heavy atom. The molecule has 0 amide bonds. The van der Waals surface area contributed by atoms with Crippen molar-refractivity contribution in [3.63, 3.8) is 0 Å². The summed E-state index contributed by atoms with van der Waals surface area (Å²) in [5, 5.41) is 0. The Balaban J connectivity index is 1.96. The fraction of sp³-hybridized carbons (Fsp3) is 0.360. The number of rotatable bonds is 12. The van der Waals surface area contributed by atoms with Crippen LogP contribution in [0.2, 0.25) is 0 Å². The second-order valence-corrected chi connectivity index (χ2v) is 7.16. The number of esters is 1. The van der Waals surface area contributed by atoms with Crippen molar-refractivity contribution in [2.45, 2.75) is 52.1 Å². The predicted molar refractivity (Wildman–Crippen MR) is 115 cm³/mol. The molecule has 2 aromatic rings. The topological polar surface area (TPSA) is 52.6 Å². The van der Waals surface area contributed by atoms with Gasteiger partial charge in [-0.25, -0.2) is 4.79 Å². The third-order valence-corrected chi connectivity index (χ3v) is 4.61. The van der Waals surface area contributed by atoms with Crippen LogP contribution in [-0.4, -0.2) is 24.5 Å². The smallest absolute Gasteiger partial charge is 0.333 e. The van der Waals surface area contributed by atoms with Gasteiger partial charge in [0.2, 0.25) is 0 Å². The largest absolute Gasteiger partial charge is 0.490 e. The fourth-order valence-electron chi connectivity index (χ4n) is 2.92. The van der Waals surface area contributed by atoms with Gasteiger partial charge in [0.15, 0.2) is 5.78 Å². The zero-order valence-corrected chi connectivity index (χ0v) is 17.4. The second kappa shape index (κ2) is 11.8. The van der Waals surface area contributed by atoms with Crippen LogP contribution in [0.4, 0.5) is 0 Å². The van der Waals surface area contributed by atoms with Crippen molar-refractivity contribution in [3.8, 4) is 5.75 Å². The summed E-state index contributed by atoms with van der Waals surface area (Å²) < 4.78 is 11.3. The molecule has 4 nitrogen and oxygen atoms in total. The van der Waals surface area contributed by atoms with Gasteiger partial charge in [-0.1, -0.05) is 56.7 Å². The average Bonchev–Trinajstić information content (AvgIpc) is 2.74. The Morgan fingerprint density at radius 3 is 2.21 bits per heavy atom. The van der Waals surface area contributed by atoms with Crippen LogP contribution in [0.5, 0.6) is 5.75 Å². The van der Waals surface area contributed by atoms with Gasteiger partial charge in [0.05, 0.1) is 6.61 Å². The van der Waals surface area contributed by atoms with E-state index >= 15 is 0 Å². The van der Waals surface area contributed by atoms with Crippen molar-refractivity contribution < 1.29 is 19.1 Å². The Kier molecular flexibility index (Phi) is 9.16. The van der Waals surface area contributed by atoms with Crippen molar-refractivity contribution in [3.05, 3.63) is 77.9 Å². The molecule has 1 atom stereocenters. The van der Waals surface area contributed by atoms with Crippen molar-refractivity contribution in [2.24, 2.45) is 0 Å². The SMILES string of the molecule is C=C(C)C(=O)OCCC(CCCCC)Oc1ccc(C(=O)c2ccccc2)cc1. The van der Waals surface area contributed by atoms with Crippen LogP contribution in [0.3, 0.4) is 0 Å². The van der Waals surface area contributed by atoms with Gasteiger partial charge in [-0.05, 0) is 44.0 Å². The number of ether oxygens (including phenoxy) is 2. The molecule has 0 aromatic heterocycles. The van der Waals surface area contributed by atoms with Crippen LogP contribution in [0, 0.1) is 0 Å². The number of carbonyl (C=O) groups is 2. The summed E-state index contributed by atoms with van der Waals surface area (Å²) in [6.45, 7) is 7.69. The van der Waals surface area contributed by atoms with E-state index in [0.717, 1.165) is 25.7 Å². The molecule has 2 rings (SSSR count). The lowest BCUT2D eigenvalue weighted by atomic mass is 10.0. The fourth-order valence-corrected chi connectivity index (χ4v) is 2.92. The van der Waals surface area contributed by atoms with E-state index in [9.17, 15) is 9.59 Å². The average molecular weight is 395 g/mol. The van der Waals surface area contributed by atoms with Crippen LogP contribution < -0.4 is 4.74 Å². The van der Waals surface area contributed by atoms with Gasteiger partial charge in [-0.2, -0.15) is 0 Å². The van der Waals surface area contributed by atoms with Gasteiger partial charge in [0, 0.05) is 23.1 Å². The number of ketones is 1. The number of benzene rings is 2. The number of carbonyl (C=O) groups excluding carboxylic acids is 2. The van der Waals surface area contributed by atoms with Crippen LogP contribution >= 0.6 is 0 Å². The molecule has 2 aromatic carbocycles. The molecule has 0 N–H and O–H groups in total. The van der Waals surface area contributed by atoms with E-state index in [0.29, 0.717) is 35.5 Å².